The van der Waals surface area contributed by atoms with Gasteiger partial charge in [0.25, 0.3) is 0 Å². The Bertz CT molecular complexity index is 975. The van der Waals surface area contributed by atoms with Gasteiger partial charge in [-0.05, 0) is 32.9 Å². The van der Waals surface area contributed by atoms with Crippen molar-refractivity contribution in [2.45, 2.75) is 32.5 Å². The van der Waals surface area contributed by atoms with E-state index >= 15 is 0 Å². The van der Waals surface area contributed by atoms with E-state index in [4.69, 9.17) is 0 Å². The van der Waals surface area contributed by atoms with Crippen molar-refractivity contribution in [2.75, 3.05) is 5.32 Å². The van der Waals surface area contributed by atoms with Crippen LogP contribution in [0, 0.1) is 18.3 Å². The van der Waals surface area contributed by atoms with Gasteiger partial charge in [-0.1, -0.05) is 0 Å². The summed E-state index contributed by atoms with van der Waals surface area (Å²) in [7, 11) is 0. The lowest BCUT2D eigenvalue weighted by molar-refractivity contribution is -0.142. The number of hydrogen-bond donors (Lipinski definition) is 1. The van der Waals surface area contributed by atoms with E-state index in [1.165, 1.54) is 16.9 Å². The van der Waals surface area contributed by atoms with Gasteiger partial charge in [-0.2, -0.15) is 23.5 Å². The second-order valence-electron chi connectivity index (χ2n) is 6.00. The van der Waals surface area contributed by atoms with Crippen LogP contribution < -0.4 is 5.32 Å². The lowest BCUT2D eigenvalue weighted by atomic mass is 10.1. The Hall–Kier alpha value is -3.09. The number of nitrogens with one attached hydrogen (secondary N) is 1. The van der Waals surface area contributed by atoms with Crippen LogP contribution in [0.3, 0.4) is 0 Å². The van der Waals surface area contributed by atoms with Gasteiger partial charge >= 0.3 is 6.18 Å². The molecule has 0 unspecified atom stereocenters. The number of nitrogens with zero attached hydrogens (tertiary/aromatic N) is 6. The number of halogens is 3. The fourth-order valence-corrected chi connectivity index (χ4v) is 2.21. The van der Waals surface area contributed by atoms with Gasteiger partial charge in [0.05, 0.1) is 35.4 Å². The molecule has 3 heterocycles. The van der Waals surface area contributed by atoms with E-state index in [9.17, 15) is 18.4 Å². The topological polar surface area (TPSA) is 83.8 Å². The van der Waals surface area contributed by atoms with Crippen molar-refractivity contribution in [3.63, 3.8) is 0 Å². The van der Waals surface area contributed by atoms with Crippen molar-refractivity contribution >= 4 is 17.2 Å². The zero-order chi connectivity index (χ0) is 18.4. The van der Waals surface area contributed by atoms with Gasteiger partial charge in [-0.3, -0.25) is 4.68 Å². The summed E-state index contributed by atoms with van der Waals surface area (Å²) < 4.78 is 41.3. The molecule has 3 aromatic rings. The fraction of sp³-hybridized carbons (Fsp3) is 0.333. The molecule has 130 valence electrons. The zero-order valence-electron chi connectivity index (χ0n) is 13.6. The predicted octanol–water partition coefficient (Wildman–Crippen LogP) is 3.26. The van der Waals surface area contributed by atoms with E-state index in [-0.39, 0.29) is 11.5 Å². The molecule has 0 amide bonds. The maximum Gasteiger partial charge on any atom is 0.433 e. The molecule has 0 aromatic carbocycles. The lowest BCUT2D eigenvalue weighted by Crippen LogP contribution is -2.24. The highest BCUT2D eigenvalue weighted by molar-refractivity contribution is 5.56. The molecule has 25 heavy (non-hydrogen) atoms. The predicted molar refractivity (Wildman–Crippen MR) is 83.2 cm³/mol. The van der Waals surface area contributed by atoms with Crippen LogP contribution in [-0.2, 0) is 11.7 Å². The van der Waals surface area contributed by atoms with E-state index in [0.717, 1.165) is 10.6 Å². The maximum absolute atomic E-state index is 13.0. The van der Waals surface area contributed by atoms with E-state index in [1.54, 1.807) is 27.0 Å². The molecular formula is C15H14F3N7. The van der Waals surface area contributed by atoms with Crippen molar-refractivity contribution in [3.8, 4) is 6.07 Å². The largest absolute Gasteiger partial charge is 0.433 e. The number of aromatic nitrogens is 5. The van der Waals surface area contributed by atoms with Crippen LogP contribution in [0.15, 0.2) is 24.5 Å². The molecule has 0 saturated carbocycles. The van der Waals surface area contributed by atoms with Gasteiger partial charge in [0, 0.05) is 0 Å². The van der Waals surface area contributed by atoms with Crippen molar-refractivity contribution in [2.24, 2.45) is 0 Å². The fourth-order valence-electron chi connectivity index (χ4n) is 2.21. The van der Waals surface area contributed by atoms with E-state index < -0.39 is 17.4 Å². The summed E-state index contributed by atoms with van der Waals surface area (Å²) in [5.74, 6) is -0.00777. The minimum Gasteiger partial charge on any atom is -0.320 e. The van der Waals surface area contributed by atoms with E-state index in [1.807, 2.05) is 0 Å². The van der Waals surface area contributed by atoms with Crippen molar-refractivity contribution in [1.82, 2.24) is 24.4 Å². The first-order valence-electron chi connectivity index (χ1n) is 7.29. The third-order valence-electron chi connectivity index (χ3n) is 3.68. The quantitative estimate of drug-likeness (QED) is 0.785. The Morgan fingerprint density at radius 1 is 1.20 bits per heavy atom. The summed E-state index contributed by atoms with van der Waals surface area (Å²) >= 11 is 0. The van der Waals surface area contributed by atoms with Crippen LogP contribution in [0.2, 0.25) is 0 Å². The average Bonchev–Trinajstić information content (AvgIpc) is 3.11. The third kappa shape index (κ3) is 3.00. The van der Waals surface area contributed by atoms with E-state index in [0.29, 0.717) is 11.4 Å². The van der Waals surface area contributed by atoms with E-state index in [2.05, 4.69) is 26.6 Å². The number of nitriles is 1. The Morgan fingerprint density at radius 3 is 2.56 bits per heavy atom. The Labute approximate surface area is 140 Å². The molecule has 0 aliphatic rings. The molecule has 0 spiro atoms. The number of hydrogen-bond acceptors (Lipinski definition) is 5. The zero-order valence-corrected chi connectivity index (χ0v) is 13.6. The van der Waals surface area contributed by atoms with Gasteiger partial charge in [0.15, 0.2) is 0 Å². The number of aryl methyl sites for hydroxylation is 1. The first-order valence-corrected chi connectivity index (χ1v) is 7.29. The van der Waals surface area contributed by atoms with Crippen LogP contribution in [0.1, 0.15) is 25.2 Å². The van der Waals surface area contributed by atoms with Crippen molar-refractivity contribution < 1.29 is 13.2 Å². The third-order valence-corrected chi connectivity index (χ3v) is 3.68. The van der Waals surface area contributed by atoms with Gasteiger partial charge in [-0.15, -0.1) is 5.10 Å². The molecule has 7 nitrogen and oxygen atoms in total. The summed E-state index contributed by atoms with van der Waals surface area (Å²) in [4.78, 5) is 4.02. The van der Waals surface area contributed by atoms with Crippen LogP contribution in [0.25, 0.3) is 5.52 Å². The Morgan fingerprint density at radius 2 is 1.92 bits per heavy atom. The highest BCUT2D eigenvalue weighted by atomic mass is 19.4. The minimum atomic E-state index is -4.52. The number of anilines is 2. The number of alkyl halides is 3. The monoisotopic (exact) mass is 349 g/mol. The molecule has 0 bridgehead atoms. The molecule has 0 atom stereocenters. The second kappa shape index (κ2) is 5.47. The molecule has 3 rings (SSSR count). The number of fused-ring (bicyclic) bond motifs is 1. The SMILES string of the molecule is Cc1nn(C(C)(C)C#N)cc1Nc1ncc2ccc(C(F)(F)F)n2n1. The second-order valence-corrected chi connectivity index (χ2v) is 6.00. The summed E-state index contributed by atoms with van der Waals surface area (Å²) in [5.41, 5.74) is -0.444. The van der Waals surface area contributed by atoms with Gasteiger partial charge in [0.1, 0.15) is 11.2 Å². The van der Waals surface area contributed by atoms with Gasteiger partial charge in [0.2, 0.25) is 5.95 Å². The Kier molecular flexibility index (Phi) is 3.67. The summed E-state index contributed by atoms with van der Waals surface area (Å²) in [6.07, 6.45) is -1.63. The van der Waals surface area contributed by atoms with Crippen molar-refractivity contribution in [1.29, 1.82) is 5.26 Å². The van der Waals surface area contributed by atoms with Crippen LogP contribution >= 0.6 is 0 Å². The molecule has 0 saturated heterocycles. The summed E-state index contributed by atoms with van der Waals surface area (Å²) in [5, 5.41) is 20.2. The van der Waals surface area contributed by atoms with Crippen molar-refractivity contribution in [3.05, 3.63) is 35.9 Å². The highest BCUT2D eigenvalue weighted by Crippen LogP contribution is 2.30. The van der Waals surface area contributed by atoms with Crippen LogP contribution in [0.4, 0.5) is 24.8 Å². The first kappa shape index (κ1) is 16.8. The molecule has 1 N–H and O–H groups in total. The summed E-state index contributed by atoms with van der Waals surface area (Å²) in [6, 6.07) is 4.37. The maximum atomic E-state index is 13.0. The number of rotatable bonds is 3. The molecule has 0 aliphatic carbocycles. The molecular weight excluding hydrogens is 335 g/mol. The molecule has 0 radical (unpaired) electrons. The Balaban J connectivity index is 1.98. The molecule has 0 fully saturated rings. The van der Waals surface area contributed by atoms with Gasteiger partial charge < -0.3 is 5.32 Å². The normalized spacial score (nSPS) is 12.4. The van der Waals surface area contributed by atoms with Crippen LogP contribution in [0.5, 0.6) is 0 Å². The average molecular weight is 349 g/mol. The lowest BCUT2D eigenvalue weighted by Gasteiger charge is -2.15. The standard InChI is InChI=1S/C15H14F3N7/c1-9-11(7-24(22-9)14(2,3)8-19)21-13-20-6-10-4-5-12(15(16,17)18)25(10)23-13/h4-7H,1-3H3,(H,21,23). The molecule has 0 aliphatic heterocycles. The first-order chi connectivity index (χ1) is 11.6. The minimum absolute atomic E-state index is 0.00777. The van der Waals surface area contributed by atoms with Crippen LogP contribution in [-0.4, -0.2) is 24.4 Å². The molecule has 3 aromatic heterocycles. The smallest absolute Gasteiger partial charge is 0.320 e. The van der Waals surface area contributed by atoms with Gasteiger partial charge in [-0.25, -0.2) is 9.50 Å². The molecule has 10 heteroatoms. The summed E-state index contributed by atoms with van der Waals surface area (Å²) in [6.45, 7) is 5.10. The highest BCUT2D eigenvalue weighted by Gasteiger charge is 2.34.